The lowest BCUT2D eigenvalue weighted by molar-refractivity contribution is -0.155. The van der Waals surface area contributed by atoms with Crippen LogP contribution in [0.25, 0.3) is 0 Å². The molecule has 0 rings (SSSR count). The number of carboxylic acids is 1. The molecule has 0 aliphatic rings. The van der Waals surface area contributed by atoms with Gasteiger partial charge in [-0.3, -0.25) is 9.59 Å². The summed E-state index contributed by atoms with van der Waals surface area (Å²) in [7, 11) is 0. The molecule has 5 heteroatoms. The van der Waals surface area contributed by atoms with Crippen LogP contribution in [0.15, 0.2) is 0 Å². The van der Waals surface area contributed by atoms with E-state index in [-0.39, 0.29) is 6.42 Å². The van der Waals surface area contributed by atoms with E-state index in [0.29, 0.717) is 0 Å². The number of carbonyl (C=O) groups is 2. The Labute approximate surface area is 70.2 Å². The Hall–Kier alpha value is -1.10. The molecule has 5 nitrogen and oxygen atoms in total. The summed E-state index contributed by atoms with van der Waals surface area (Å²) < 4.78 is 0. The van der Waals surface area contributed by atoms with E-state index >= 15 is 0 Å². The first kappa shape index (κ1) is 10.9. The first-order valence-electron chi connectivity index (χ1n) is 3.52. The van der Waals surface area contributed by atoms with E-state index in [2.05, 4.69) is 0 Å². The Bertz CT molecular complexity index is 186. The number of carbonyl (C=O) groups excluding carboxylic acids is 1. The Balaban J connectivity index is 4.63. The predicted octanol–water partition coefficient (Wildman–Crippen LogP) is -0.667. The molecule has 0 bridgehead atoms. The van der Waals surface area contributed by atoms with E-state index in [0.717, 1.165) is 0 Å². The maximum atomic E-state index is 10.7. The standard InChI is InChI=1S/C7H13NO4/c1-4(9)3-7(2,5(8)10)6(11)12/h4,9H,3H2,1-2H3,(H2,8,10)(H,11,12). The second kappa shape index (κ2) is 3.53. The van der Waals surface area contributed by atoms with E-state index in [1.54, 1.807) is 0 Å². The third kappa shape index (κ3) is 2.20. The maximum Gasteiger partial charge on any atom is 0.319 e. The quantitative estimate of drug-likeness (QED) is 0.493. The van der Waals surface area contributed by atoms with Crippen molar-refractivity contribution in [2.24, 2.45) is 11.1 Å². The molecule has 0 aromatic rings. The SMILES string of the molecule is CC(O)CC(C)(C(N)=O)C(=O)O. The topological polar surface area (TPSA) is 101 Å². The van der Waals surface area contributed by atoms with Gasteiger partial charge in [0.15, 0.2) is 0 Å². The van der Waals surface area contributed by atoms with Crippen molar-refractivity contribution < 1.29 is 19.8 Å². The van der Waals surface area contributed by atoms with Crippen molar-refractivity contribution in [3.05, 3.63) is 0 Å². The summed E-state index contributed by atoms with van der Waals surface area (Å²) in [5, 5.41) is 17.6. The van der Waals surface area contributed by atoms with Crippen LogP contribution >= 0.6 is 0 Å². The molecular weight excluding hydrogens is 162 g/mol. The van der Waals surface area contributed by atoms with Crippen LogP contribution in [0.5, 0.6) is 0 Å². The minimum atomic E-state index is -1.67. The number of amides is 1. The Kier molecular flexibility index (Phi) is 3.21. The van der Waals surface area contributed by atoms with Gasteiger partial charge in [0.1, 0.15) is 5.41 Å². The second-order valence-electron chi connectivity index (χ2n) is 3.05. The summed E-state index contributed by atoms with van der Waals surface area (Å²) >= 11 is 0. The average molecular weight is 175 g/mol. The third-order valence-corrected chi connectivity index (χ3v) is 1.72. The summed E-state index contributed by atoms with van der Waals surface area (Å²) in [6.07, 6.45) is -1.03. The van der Waals surface area contributed by atoms with Gasteiger partial charge < -0.3 is 15.9 Å². The highest BCUT2D eigenvalue weighted by molar-refractivity contribution is 6.00. The van der Waals surface area contributed by atoms with Crippen molar-refractivity contribution >= 4 is 11.9 Å². The summed E-state index contributed by atoms with van der Waals surface area (Å²) in [5.74, 6) is -2.24. The molecule has 0 radical (unpaired) electrons. The zero-order valence-corrected chi connectivity index (χ0v) is 7.07. The van der Waals surface area contributed by atoms with Gasteiger partial charge in [-0.2, -0.15) is 0 Å². The van der Waals surface area contributed by atoms with Gasteiger partial charge in [0, 0.05) is 0 Å². The number of hydrogen-bond acceptors (Lipinski definition) is 3. The number of primary amides is 1. The third-order valence-electron chi connectivity index (χ3n) is 1.72. The summed E-state index contributed by atoms with van der Waals surface area (Å²) in [6.45, 7) is 2.61. The molecular formula is C7H13NO4. The fourth-order valence-corrected chi connectivity index (χ4v) is 0.884. The van der Waals surface area contributed by atoms with Gasteiger partial charge in [0.05, 0.1) is 6.10 Å². The molecule has 0 aromatic carbocycles. The lowest BCUT2D eigenvalue weighted by Crippen LogP contribution is -2.43. The van der Waals surface area contributed by atoms with E-state index < -0.39 is 23.4 Å². The molecule has 2 unspecified atom stereocenters. The van der Waals surface area contributed by atoms with Crippen LogP contribution in [0.3, 0.4) is 0 Å². The molecule has 70 valence electrons. The Morgan fingerprint density at radius 1 is 1.58 bits per heavy atom. The lowest BCUT2D eigenvalue weighted by atomic mass is 9.84. The maximum absolute atomic E-state index is 10.7. The first-order valence-corrected chi connectivity index (χ1v) is 3.52. The zero-order chi connectivity index (χ0) is 9.94. The van der Waals surface area contributed by atoms with E-state index in [1.807, 2.05) is 0 Å². The second-order valence-corrected chi connectivity index (χ2v) is 3.05. The molecule has 0 fully saturated rings. The minimum Gasteiger partial charge on any atom is -0.480 e. The number of aliphatic hydroxyl groups is 1. The van der Waals surface area contributed by atoms with Crippen molar-refractivity contribution in [1.29, 1.82) is 0 Å². The summed E-state index contributed by atoms with van der Waals surface area (Å²) in [6, 6.07) is 0. The number of aliphatic hydroxyl groups excluding tert-OH is 1. The van der Waals surface area contributed by atoms with Crippen LogP contribution < -0.4 is 5.73 Å². The largest absolute Gasteiger partial charge is 0.480 e. The van der Waals surface area contributed by atoms with Crippen molar-refractivity contribution in [2.75, 3.05) is 0 Å². The molecule has 2 atom stereocenters. The van der Waals surface area contributed by atoms with Crippen LogP contribution in [-0.2, 0) is 9.59 Å². The minimum absolute atomic E-state index is 0.169. The molecule has 12 heavy (non-hydrogen) atoms. The summed E-state index contributed by atoms with van der Waals surface area (Å²) in [5.41, 5.74) is 3.22. The molecule has 0 spiro atoms. The molecule has 4 N–H and O–H groups in total. The number of rotatable bonds is 4. The highest BCUT2D eigenvalue weighted by Gasteiger charge is 2.40. The predicted molar refractivity (Wildman–Crippen MR) is 41.2 cm³/mol. The molecule has 0 saturated carbocycles. The van der Waals surface area contributed by atoms with Gasteiger partial charge >= 0.3 is 5.97 Å². The Morgan fingerprint density at radius 2 is 2.00 bits per heavy atom. The van der Waals surface area contributed by atoms with Gasteiger partial charge in [-0.1, -0.05) is 0 Å². The van der Waals surface area contributed by atoms with Gasteiger partial charge in [-0.05, 0) is 20.3 Å². The van der Waals surface area contributed by atoms with E-state index in [9.17, 15) is 9.59 Å². The van der Waals surface area contributed by atoms with Crippen molar-refractivity contribution in [3.8, 4) is 0 Å². The molecule has 0 aromatic heterocycles. The van der Waals surface area contributed by atoms with Gasteiger partial charge in [0.25, 0.3) is 0 Å². The normalized spacial score (nSPS) is 17.9. The van der Waals surface area contributed by atoms with E-state index in [1.165, 1.54) is 13.8 Å². The van der Waals surface area contributed by atoms with Crippen LogP contribution in [0, 0.1) is 5.41 Å². The monoisotopic (exact) mass is 175 g/mol. The van der Waals surface area contributed by atoms with Crippen LogP contribution in [0.1, 0.15) is 20.3 Å². The summed E-state index contributed by atoms with van der Waals surface area (Å²) in [4.78, 5) is 21.3. The smallest absolute Gasteiger partial charge is 0.319 e. The fraction of sp³-hybridized carbons (Fsp3) is 0.714. The number of carboxylic acid groups (broad SMARTS) is 1. The number of aliphatic carboxylic acids is 1. The van der Waals surface area contributed by atoms with E-state index in [4.69, 9.17) is 15.9 Å². The highest BCUT2D eigenvalue weighted by Crippen LogP contribution is 2.22. The van der Waals surface area contributed by atoms with Crippen molar-refractivity contribution in [1.82, 2.24) is 0 Å². The molecule has 1 amide bonds. The van der Waals surface area contributed by atoms with Gasteiger partial charge in [0.2, 0.25) is 5.91 Å². The number of nitrogens with two attached hydrogens (primary N) is 1. The highest BCUT2D eigenvalue weighted by atomic mass is 16.4. The molecule has 0 aliphatic carbocycles. The van der Waals surface area contributed by atoms with Crippen LogP contribution in [0.4, 0.5) is 0 Å². The average Bonchev–Trinajstić information content (AvgIpc) is 1.84. The fourth-order valence-electron chi connectivity index (χ4n) is 0.884. The lowest BCUT2D eigenvalue weighted by Gasteiger charge is -2.21. The zero-order valence-electron chi connectivity index (χ0n) is 7.07. The van der Waals surface area contributed by atoms with Gasteiger partial charge in [-0.25, -0.2) is 0 Å². The van der Waals surface area contributed by atoms with Crippen molar-refractivity contribution in [3.63, 3.8) is 0 Å². The van der Waals surface area contributed by atoms with Gasteiger partial charge in [-0.15, -0.1) is 0 Å². The molecule has 0 aliphatic heterocycles. The first-order chi connectivity index (χ1) is 5.30. The molecule has 0 saturated heterocycles. The molecule has 0 heterocycles. The van der Waals surface area contributed by atoms with Crippen LogP contribution in [0.2, 0.25) is 0 Å². The van der Waals surface area contributed by atoms with Crippen LogP contribution in [-0.4, -0.2) is 28.2 Å². The number of hydrogen-bond donors (Lipinski definition) is 3. The van der Waals surface area contributed by atoms with Crippen molar-refractivity contribution in [2.45, 2.75) is 26.4 Å². The Morgan fingerprint density at radius 3 is 2.08 bits per heavy atom.